The molecule has 0 unspecified atom stereocenters. The number of nitrogens with one attached hydrogen (secondary N) is 1. The van der Waals surface area contributed by atoms with Crippen LogP contribution in [0.4, 0.5) is 11.4 Å². The van der Waals surface area contributed by atoms with E-state index >= 15 is 0 Å². The Balaban J connectivity index is 1.20. The normalized spacial score (nSPS) is 11.3. The molecule has 0 aliphatic rings. The van der Waals surface area contributed by atoms with Crippen LogP contribution in [0.3, 0.4) is 0 Å². The Morgan fingerprint density at radius 2 is 1.11 bits per heavy atom. The van der Waals surface area contributed by atoms with E-state index in [0.717, 1.165) is 27.9 Å². The van der Waals surface area contributed by atoms with E-state index in [1.54, 1.807) is 0 Å². The zero-order valence-corrected chi connectivity index (χ0v) is 19.6. The van der Waals surface area contributed by atoms with Crippen LogP contribution in [0, 0.1) is 0 Å². The van der Waals surface area contributed by atoms with Gasteiger partial charge in [-0.25, -0.2) is 0 Å². The zero-order valence-electron chi connectivity index (χ0n) is 19.6. The van der Waals surface area contributed by atoms with Crippen molar-refractivity contribution in [3.8, 4) is 22.3 Å². The average molecular weight is 462 g/mol. The Hall–Kier alpha value is -4.82. The molecule has 0 aliphatic carbocycles. The molecule has 2 heteroatoms. The van der Waals surface area contributed by atoms with Crippen molar-refractivity contribution in [2.24, 2.45) is 0 Å². The Morgan fingerprint density at radius 1 is 0.417 bits per heavy atom. The average Bonchev–Trinajstić information content (AvgIpc) is 3.32. The predicted octanol–water partition coefficient (Wildman–Crippen LogP) is 9.82. The Labute approximate surface area is 209 Å². The van der Waals surface area contributed by atoms with Gasteiger partial charge in [0.2, 0.25) is 0 Å². The minimum atomic E-state index is 0.888. The molecule has 2 nitrogen and oxygen atoms in total. The topological polar surface area (TPSA) is 25.2 Å². The molecule has 1 N–H and O–H groups in total. The first-order valence-corrected chi connectivity index (χ1v) is 12.2. The lowest BCUT2D eigenvalue weighted by atomic mass is 10.00. The fourth-order valence-corrected chi connectivity index (χ4v) is 5.05. The van der Waals surface area contributed by atoms with Gasteiger partial charge in [-0.15, -0.1) is 0 Å². The molecule has 0 atom stereocenters. The number of rotatable bonds is 4. The first kappa shape index (κ1) is 20.5. The van der Waals surface area contributed by atoms with Crippen molar-refractivity contribution in [3.05, 3.63) is 133 Å². The van der Waals surface area contributed by atoms with E-state index in [1.165, 1.54) is 38.4 Å². The third-order valence-corrected chi connectivity index (χ3v) is 6.84. The second-order valence-corrected chi connectivity index (χ2v) is 9.12. The summed E-state index contributed by atoms with van der Waals surface area (Å²) in [6.45, 7) is 0. The van der Waals surface area contributed by atoms with Gasteiger partial charge in [0.15, 0.2) is 0 Å². The van der Waals surface area contributed by atoms with Crippen LogP contribution in [-0.2, 0) is 0 Å². The standard InChI is InChI=1S/C34H23NO/c1-2-7-23(8-3-1)24-13-15-25(16-14-24)27-10-6-11-28(21-27)35-29-18-19-31-33(22-29)36-32-20-17-26-9-4-5-12-30(26)34(31)32/h1-22,35H. The third kappa shape index (κ3) is 3.60. The van der Waals surface area contributed by atoms with Crippen LogP contribution >= 0.6 is 0 Å². The number of anilines is 2. The lowest BCUT2D eigenvalue weighted by Crippen LogP contribution is -1.90. The second-order valence-electron chi connectivity index (χ2n) is 9.12. The number of furan rings is 1. The van der Waals surface area contributed by atoms with Crippen LogP contribution in [0.1, 0.15) is 0 Å². The summed E-state index contributed by atoms with van der Waals surface area (Å²) < 4.78 is 6.24. The van der Waals surface area contributed by atoms with E-state index < -0.39 is 0 Å². The van der Waals surface area contributed by atoms with Crippen molar-refractivity contribution < 1.29 is 4.42 Å². The Bertz CT molecular complexity index is 1850. The van der Waals surface area contributed by atoms with Gasteiger partial charge < -0.3 is 9.73 Å². The first-order valence-electron chi connectivity index (χ1n) is 12.2. The Kier molecular flexibility index (Phi) is 4.82. The molecule has 7 aromatic rings. The summed E-state index contributed by atoms with van der Waals surface area (Å²) in [4.78, 5) is 0. The van der Waals surface area contributed by atoms with Crippen molar-refractivity contribution in [2.45, 2.75) is 0 Å². The van der Waals surface area contributed by atoms with Crippen molar-refractivity contribution in [1.29, 1.82) is 0 Å². The van der Waals surface area contributed by atoms with Gasteiger partial charge in [-0.3, -0.25) is 0 Å². The highest BCUT2D eigenvalue weighted by Crippen LogP contribution is 2.36. The summed E-state index contributed by atoms with van der Waals surface area (Å²) in [5.41, 5.74) is 8.67. The van der Waals surface area contributed by atoms with Crippen LogP contribution < -0.4 is 5.32 Å². The van der Waals surface area contributed by atoms with Gasteiger partial charge in [0.1, 0.15) is 11.2 Å². The molecule has 170 valence electrons. The quantitative estimate of drug-likeness (QED) is 0.282. The zero-order chi connectivity index (χ0) is 23.9. The van der Waals surface area contributed by atoms with E-state index in [9.17, 15) is 0 Å². The molecule has 1 aromatic heterocycles. The van der Waals surface area contributed by atoms with Gasteiger partial charge in [-0.05, 0) is 63.4 Å². The molecule has 0 saturated heterocycles. The molecule has 36 heavy (non-hydrogen) atoms. The summed E-state index contributed by atoms with van der Waals surface area (Å²) >= 11 is 0. The van der Waals surface area contributed by atoms with Crippen molar-refractivity contribution in [1.82, 2.24) is 0 Å². The van der Waals surface area contributed by atoms with Gasteiger partial charge in [0, 0.05) is 28.2 Å². The minimum absolute atomic E-state index is 0.888. The van der Waals surface area contributed by atoms with Crippen molar-refractivity contribution in [2.75, 3.05) is 5.32 Å². The van der Waals surface area contributed by atoms with Gasteiger partial charge >= 0.3 is 0 Å². The van der Waals surface area contributed by atoms with Gasteiger partial charge in [-0.2, -0.15) is 0 Å². The molecule has 0 radical (unpaired) electrons. The van der Waals surface area contributed by atoms with E-state index in [2.05, 4.69) is 133 Å². The predicted molar refractivity (Wildman–Crippen MR) is 152 cm³/mol. The number of hydrogen-bond acceptors (Lipinski definition) is 2. The van der Waals surface area contributed by atoms with Crippen LogP contribution in [-0.4, -0.2) is 0 Å². The maximum absolute atomic E-state index is 6.24. The Morgan fingerprint density at radius 3 is 1.97 bits per heavy atom. The highest BCUT2D eigenvalue weighted by molar-refractivity contribution is 6.19. The second kappa shape index (κ2) is 8.44. The maximum Gasteiger partial charge on any atom is 0.137 e. The third-order valence-electron chi connectivity index (χ3n) is 6.84. The van der Waals surface area contributed by atoms with E-state index in [0.29, 0.717) is 0 Å². The number of fused-ring (bicyclic) bond motifs is 5. The molecule has 0 aliphatic heterocycles. The van der Waals surface area contributed by atoms with Crippen LogP contribution in [0.15, 0.2) is 138 Å². The van der Waals surface area contributed by atoms with Gasteiger partial charge in [0.25, 0.3) is 0 Å². The summed E-state index contributed by atoms with van der Waals surface area (Å²) in [5, 5.41) is 8.33. The van der Waals surface area contributed by atoms with Crippen molar-refractivity contribution >= 4 is 44.1 Å². The molecule has 0 bridgehead atoms. The highest BCUT2D eigenvalue weighted by atomic mass is 16.3. The lowest BCUT2D eigenvalue weighted by Gasteiger charge is -2.10. The summed E-state index contributed by atoms with van der Waals surface area (Å²) in [5.74, 6) is 0. The minimum Gasteiger partial charge on any atom is -0.456 e. The molecule has 1 heterocycles. The number of benzene rings is 6. The lowest BCUT2D eigenvalue weighted by molar-refractivity contribution is 0.669. The molecule has 0 saturated carbocycles. The van der Waals surface area contributed by atoms with Crippen LogP contribution in [0.5, 0.6) is 0 Å². The molecule has 7 rings (SSSR count). The van der Waals surface area contributed by atoms with Gasteiger partial charge in [0.05, 0.1) is 0 Å². The monoisotopic (exact) mass is 461 g/mol. The SMILES string of the molecule is c1ccc(-c2ccc(-c3cccc(Nc4ccc5c(c4)oc4ccc6ccccc6c45)c3)cc2)cc1. The molecule has 0 fully saturated rings. The molecule has 0 spiro atoms. The smallest absolute Gasteiger partial charge is 0.137 e. The van der Waals surface area contributed by atoms with E-state index in [4.69, 9.17) is 4.42 Å². The summed E-state index contributed by atoms with van der Waals surface area (Å²) in [6, 6.07) is 46.8. The molecule has 6 aromatic carbocycles. The summed E-state index contributed by atoms with van der Waals surface area (Å²) in [6.07, 6.45) is 0. The molecular formula is C34H23NO. The van der Waals surface area contributed by atoms with Gasteiger partial charge in [-0.1, -0.05) is 97.1 Å². The number of hydrogen-bond donors (Lipinski definition) is 1. The maximum atomic E-state index is 6.24. The fourth-order valence-electron chi connectivity index (χ4n) is 5.05. The fraction of sp³-hybridized carbons (Fsp3) is 0. The highest BCUT2D eigenvalue weighted by Gasteiger charge is 2.11. The summed E-state index contributed by atoms with van der Waals surface area (Å²) in [7, 11) is 0. The van der Waals surface area contributed by atoms with Crippen LogP contribution in [0.25, 0.3) is 55.0 Å². The van der Waals surface area contributed by atoms with Crippen LogP contribution in [0.2, 0.25) is 0 Å². The molecular weight excluding hydrogens is 438 g/mol. The first-order chi connectivity index (χ1) is 17.8. The van der Waals surface area contributed by atoms with E-state index in [1.807, 2.05) is 6.07 Å². The van der Waals surface area contributed by atoms with Crippen molar-refractivity contribution in [3.63, 3.8) is 0 Å². The van der Waals surface area contributed by atoms with E-state index in [-0.39, 0.29) is 0 Å². The molecule has 0 amide bonds. The largest absolute Gasteiger partial charge is 0.456 e.